The van der Waals surface area contributed by atoms with Crippen LogP contribution in [0.2, 0.25) is 0 Å². The van der Waals surface area contributed by atoms with E-state index in [1.54, 1.807) is 0 Å². The molecule has 39 heavy (non-hydrogen) atoms. The zero-order chi connectivity index (χ0) is 26.8. The predicted octanol–water partition coefficient (Wildman–Crippen LogP) is 7.09. The van der Waals surface area contributed by atoms with Gasteiger partial charge in [0.25, 0.3) is 5.91 Å². The molecule has 192 valence electrons. The molecule has 4 aromatic carbocycles. The molecule has 0 bridgehead atoms. The van der Waals surface area contributed by atoms with E-state index in [-0.39, 0.29) is 11.8 Å². The van der Waals surface area contributed by atoms with Crippen LogP contribution in [0.25, 0.3) is 11.3 Å². The third-order valence-corrected chi connectivity index (χ3v) is 7.91. The number of hydrogen-bond donors (Lipinski definition) is 1. The van der Waals surface area contributed by atoms with Crippen LogP contribution < -0.4 is 10.2 Å². The van der Waals surface area contributed by atoms with E-state index in [9.17, 15) is 9.59 Å². The largest absolute Gasteiger partial charge is 0.308 e. The van der Waals surface area contributed by atoms with Gasteiger partial charge in [0.15, 0.2) is 5.13 Å². The standard InChI is InChI=1S/C33H27N3O2S/c1-22-10-8-9-15-27(22)32(38)36-19-18-26-20-25(16-17-29(26)36)28-21-39-33(34-28)35-31(37)30(23-11-4-2-5-12-23)24-13-6-3-7-14-24/h2-17,20-21,30H,18-19H2,1H3,(H,34,35,37). The van der Waals surface area contributed by atoms with Gasteiger partial charge in [-0.3, -0.25) is 9.59 Å². The molecular weight excluding hydrogens is 502 g/mol. The molecule has 0 atom stereocenters. The summed E-state index contributed by atoms with van der Waals surface area (Å²) in [7, 11) is 0. The number of rotatable bonds is 6. The Labute approximate surface area is 231 Å². The Balaban J connectivity index is 1.21. The van der Waals surface area contributed by atoms with Crippen molar-refractivity contribution in [2.45, 2.75) is 19.3 Å². The van der Waals surface area contributed by atoms with Crippen LogP contribution in [0.15, 0.2) is 109 Å². The van der Waals surface area contributed by atoms with Crippen LogP contribution >= 0.6 is 11.3 Å². The molecule has 0 saturated carbocycles. The highest BCUT2D eigenvalue weighted by Gasteiger charge is 2.27. The number of amides is 2. The number of carbonyl (C=O) groups is 2. The summed E-state index contributed by atoms with van der Waals surface area (Å²) in [5.74, 6) is -0.520. The van der Waals surface area contributed by atoms with Gasteiger partial charge in [-0.2, -0.15) is 0 Å². The van der Waals surface area contributed by atoms with Crippen LogP contribution in [0.3, 0.4) is 0 Å². The first-order valence-corrected chi connectivity index (χ1v) is 13.8. The van der Waals surface area contributed by atoms with Crippen molar-refractivity contribution in [2.24, 2.45) is 0 Å². The summed E-state index contributed by atoms with van der Waals surface area (Å²) in [5, 5.41) is 5.56. The fourth-order valence-electron chi connectivity index (χ4n) is 5.16. The lowest BCUT2D eigenvalue weighted by Crippen LogP contribution is -2.29. The van der Waals surface area contributed by atoms with Crippen molar-refractivity contribution < 1.29 is 9.59 Å². The first kappa shape index (κ1) is 24.8. The Morgan fingerprint density at radius 1 is 0.872 bits per heavy atom. The van der Waals surface area contributed by atoms with E-state index in [4.69, 9.17) is 4.98 Å². The maximum atomic E-state index is 13.5. The topological polar surface area (TPSA) is 62.3 Å². The molecule has 2 amide bonds. The van der Waals surface area contributed by atoms with Crippen molar-refractivity contribution in [1.82, 2.24) is 4.98 Å². The molecule has 0 fully saturated rings. The maximum Gasteiger partial charge on any atom is 0.258 e. The molecule has 5 nitrogen and oxygen atoms in total. The summed E-state index contributed by atoms with van der Waals surface area (Å²) in [4.78, 5) is 33.3. The van der Waals surface area contributed by atoms with Crippen LogP contribution in [0.4, 0.5) is 10.8 Å². The van der Waals surface area contributed by atoms with Crippen LogP contribution in [0.1, 0.15) is 38.5 Å². The van der Waals surface area contributed by atoms with Crippen LogP contribution in [-0.2, 0) is 11.2 Å². The van der Waals surface area contributed by atoms with Crippen LogP contribution in [0, 0.1) is 6.92 Å². The molecule has 6 rings (SSSR count). The molecule has 0 unspecified atom stereocenters. The highest BCUT2D eigenvalue weighted by atomic mass is 32.1. The quantitative estimate of drug-likeness (QED) is 0.255. The molecule has 0 radical (unpaired) electrons. The highest BCUT2D eigenvalue weighted by Crippen LogP contribution is 2.35. The molecule has 1 aliphatic rings. The molecule has 1 N–H and O–H groups in total. The Morgan fingerprint density at radius 3 is 2.23 bits per heavy atom. The number of hydrogen-bond acceptors (Lipinski definition) is 4. The second-order valence-corrected chi connectivity index (χ2v) is 10.5. The summed E-state index contributed by atoms with van der Waals surface area (Å²) in [6.45, 7) is 2.62. The number of carbonyl (C=O) groups excluding carboxylic acids is 2. The first-order valence-electron chi connectivity index (χ1n) is 13.0. The third kappa shape index (κ3) is 4.99. The lowest BCUT2D eigenvalue weighted by atomic mass is 9.90. The van der Waals surface area contributed by atoms with Crippen molar-refractivity contribution in [3.05, 3.63) is 136 Å². The van der Waals surface area contributed by atoms with Crippen molar-refractivity contribution in [2.75, 3.05) is 16.8 Å². The second-order valence-electron chi connectivity index (χ2n) is 9.65. The first-order chi connectivity index (χ1) is 19.1. The zero-order valence-corrected chi connectivity index (χ0v) is 22.3. The van der Waals surface area contributed by atoms with Crippen molar-refractivity contribution in [1.29, 1.82) is 0 Å². The number of fused-ring (bicyclic) bond motifs is 1. The predicted molar refractivity (Wildman–Crippen MR) is 157 cm³/mol. The highest BCUT2D eigenvalue weighted by molar-refractivity contribution is 7.14. The number of anilines is 2. The summed E-state index contributed by atoms with van der Waals surface area (Å²) < 4.78 is 0. The number of aromatic nitrogens is 1. The fraction of sp³-hybridized carbons (Fsp3) is 0.121. The maximum absolute atomic E-state index is 13.5. The minimum absolute atomic E-state index is 0.0321. The van der Waals surface area contributed by atoms with Gasteiger partial charge in [-0.1, -0.05) is 84.9 Å². The molecule has 1 aliphatic heterocycles. The number of nitrogens with zero attached hydrogens (tertiary/aromatic N) is 2. The Morgan fingerprint density at radius 2 is 1.54 bits per heavy atom. The number of nitrogens with one attached hydrogen (secondary N) is 1. The van der Waals surface area contributed by atoms with Crippen LogP contribution in [-0.4, -0.2) is 23.3 Å². The van der Waals surface area contributed by atoms with Gasteiger partial charge in [-0.05, 0) is 53.8 Å². The van der Waals surface area contributed by atoms with Crippen molar-refractivity contribution in [3.63, 3.8) is 0 Å². The van der Waals surface area contributed by atoms with Crippen LogP contribution in [0.5, 0.6) is 0 Å². The van der Waals surface area contributed by atoms with Gasteiger partial charge in [0.1, 0.15) is 0 Å². The van der Waals surface area contributed by atoms with Gasteiger partial charge in [0, 0.05) is 28.7 Å². The smallest absolute Gasteiger partial charge is 0.258 e. The van der Waals surface area contributed by atoms with Gasteiger partial charge in [0.2, 0.25) is 5.91 Å². The minimum Gasteiger partial charge on any atom is -0.308 e. The van der Waals surface area contributed by atoms with E-state index in [1.807, 2.05) is 114 Å². The number of aryl methyl sites for hydroxylation is 1. The van der Waals surface area contributed by atoms with E-state index in [0.717, 1.165) is 51.2 Å². The van der Waals surface area contributed by atoms with Gasteiger partial charge in [-0.15, -0.1) is 11.3 Å². The summed E-state index contributed by atoms with van der Waals surface area (Å²) in [6.07, 6.45) is 0.796. The minimum atomic E-state index is -0.434. The monoisotopic (exact) mass is 529 g/mol. The van der Waals surface area contributed by atoms with E-state index in [0.29, 0.717) is 11.7 Å². The zero-order valence-electron chi connectivity index (χ0n) is 21.5. The van der Waals surface area contributed by atoms with E-state index in [1.165, 1.54) is 11.3 Å². The van der Waals surface area contributed by atoms with Gasteiger partial charge in [0.05, 0.1) is 11.6 Å². The normalized spacial score (nSPS) is 12.4. The Kier molecular flexibility index (Phi) is 6.78. The third-order valence-electron chi connectivity index (χ3n) is 7.15. The molecule has 0 spiro atoms. The van der Waals surface area contributed by atoms with E-state index >= 15 is 0 Å². The molecule has 2 heterocycles. The lowest BCUT2D eigenvalue weighted by Gasteiger charge is -2.18. The molecule has 1 aromatic heterocycles. The fourth-order valence-corrected chi connectivity index (χ4v) is 5.88. The van der Waals surface area contributed by atoms with Gasteiger partial charge in [-0.25, -0.2) is 4.98 Å². The summed E-state index contributed by atoms with van der Waals surface area (Å²) >= 11 is 1.41. The summed E-state index contributed by atoms with van der Waals surface area (Å²) in [6, 6.07) is 33.4. The van der Waals surface area contributed by atoms with E-state index in [2.05, 4.69) is 11.4 Å². The lowest BCUT2D eigenvalue weighted by molar-refractivity contribution is -0.116. The SMILES string of the molecule is Cc1ccccc1C(=O)N1CCc2cc(-c3csc(NC(=O)C(c4ccccc4)c4ccccc4)n3)ccc21. The number of benzene rings is 4. The van der Waals surface area contributed by atoms with Gasteiger partial charge < -0.3 is 10.2 Å². The average molecular weight is 530 g/mol. The molecule has 0 aliphatic carbocycles. The molecular formula is C33H27N3O2S. The van der Waals surface area contributed by atoms with Gasteiger partial charge >= 0.3 is 0 Å². The Hall–Kier alpha value is -4.55. The molecule has 0 saturated heterocycles. The average Bonchev–Trinajstić information content (AvgIpc) is 3.61. The Bertz CT molecular complexity index is 1610. The van der Waals surface area contributed by atoms with Crippen molar-refractivity contribution in [3.8, 4) is 11.3 Å². The molecule has 5 aromatic rings. The van der Waals surface area contributed by atoms with Crippen molar-refractivity contribution >= 4 is 34.0 Å². The second kappa shape index (κ2) is 10.7. The van der Waals surface area contributed by atoms with E-state index < -0.39 is 5.92 Å². The summed E-state index contributed by atoms with van der Waals surface area (Å²) in [5.41, 5.74) is 7.43. The number of thiazole rings is 1. The molecule has 6 heteroatoms.